The number of hydrogen-bond acceptors (Lipinski definition) is 3. The Hall–Kier alpha value is -0.330. The van der Waals surface area contributed by atoms with E-state index in [-0.39, 0.29) is 0 Å². The number of likely N-dealkylation sites (tertiary alicyclic amines) is 1. The Kier molecular flexibility index (Phi) is 5.69. The molecular weight excluding hydrogens is 231 g/mol. The van der Waals surface area contributed by atoms with Crippen LogP contribution in [0.5, 0.6) is 0 Å². The van der Waals surface area contributed by atoms with Gasteiger partial charge in [0.25, 0.3) is 0 Å². The molecule has 1 aliphatic heterocycles. The first kappa shape index (κ1) is 14.7. The molecular formula is C11H22F3N3. The normalized spacial score (nSPS) is 23.3. The lowest BCUT2D eigenvalue weighted by Gasteiger charge is -2.36. The fourth-order valence-corrected chi connectivity index (χ4v) is 2.12. The molecule has 3 nitrogen and oxygen atoms in total. The van der Waals surface area contributed by atoms with Crippen molar-refractivity contribution in [1.82, 2.24) is 15.1 Å². The molecule has 1 rings (SSSR count). The van der Waals surface area contributed by atoms with Gasteiger partial charge in [-0.25, -0.2) is 0 Å². The van der Waals surface area contributed by atoms with Crippen LogP contribution in [0.2, 0.25) is 0 Å². The SMILES string of the molecule is CN(C)C1CCCN(CCNCC(F)(F)F)C1. The van der Waals surface area contributed by atoms with E-state index in [9.17, 15) is 13.2 Å². The molecule has 0 bridgehead atoms. The van der Waals surface area contributed by atoms with E-state index in [0.29, 0.717) is 19.1 Å². The van der Waals surface area contributed by atoms with Crippen LogP contribution < -0.4 is 5.32 Å². The molecule has 1 atom stereocenters. The summed E-state index contributed by atoms with van der Waals surface area (Å²) < 4.78 is 35.7. The molecule has 1 fully saturated rings. The zero-order valence-corrected chi connectivity index (χ0v) is 10.6. The third kappa shape index (κ3) is 6.24. The summed E-state index contributed by atoms with van der Waals surface area (Å²) in [5.41, 5.74) is 0. The number of rotatable bonds is 5. The standard InChI is InChI=1S/C11H22F3N3/c1-16(2)10-4-3-6-17(8-10)7-5-15-9-11(12,13)14/h10,15H,3-9H2,1-2H3. The van der Waals surface area contributed by atoms with E-state index in [1.165, 1.54) is 6.42 Å². The minimum atomic E-state index is -4.10. The van der Waals surface area contributed by atoms with Crippen LogP contribution in [0.4, 0.5) is 13.2 Å². The number of hydrogen-bond donors (Lipinski definition) is 1. The minimum Gasteiger partial charge on any atom is -0.307 e. The molecule has 0 saturated carbocycles. The summed E-state index contributed by atoms with van der Waals surface area (Å²) in [5, 5.41) is 2.44. The molecule has 0 aliphatic carbocycles. The van der Waals surface area contributed by atoms with Gasteiger partial charge in [-0.05, 0) is 33.5 Å². The van der Waals surface area contributed by atoms with Gasteiger partial charge in [0, 0.05) is 25.7 Å². The maximum absolute atomic E-state index is 11.9. The van der Waals surface area contributed by atoms with Gasteiger partial charge in [-0.1, -0.05) is 0 Å². The van der Waals surface area contributed by atoms with Crippen LogP contribution in [-0.2, 0) is 0 Å². The van der Waals surface area contributed by atoms with Crippen LogP contribution in [0.1, 0.15) is 12.8 Å². The van der Waals surface area contributed by atoms with E-state index >= 15 is 0 Å². The van der Waals surface area contributed by atoms with Gasteiger partial charge in [0.15, 0.2) is 0 Å². The molecule has 1 heterocycles. The Morgan fingerprint density at radius 2 is 2.06 bits per heavy atom. The molecule has 102 valence electrons. The molecule has 1 aliphatic rings. The second kappa shape index (κ2) is 6.56. The van der Waals surface area contributed by atoms with Crippen molar-refractivity contribution in [3.05, 3.63) is 0 Å². The van der Waals surface area contributed by atoms with Crippen molar-refractivity contribution < 1.29 is 13.2 Å². The number of alkyl halides is 3. The smallest absolute Gasteiger partial charge is 0.307 e. The molecule has 1 unspecified atom stereocenters. The van der Waals surface area contributed by atoms with Crippen molar-refractivity contribution in [1.29, 1.82) is 0 Å². The lowest BCUT2D eigenvalue weighted by atomic mass is 10.1. The monoisotopic (exact) mass is 253 g/mol. The van der Waals surface area contributed by atoms with Gasteiger partial charge in [0.1, 0.15) is 0 Å². The van der Waals surface area contributed by atoms with E-state index in [1.54, 1.807) is 0 Å². The number of nitrogens with one attached hydrogen (secondary N) is 1. The van der Waals surface area contributed by atoms with Gasteiger partial charge in [-0.15, -0.1) is 0 Å². The van der Waals surface area contributed by atoms with Gasteiger partial charge in [-0.2, -0.15) is 13.2 Å². The molecule has 0 amide bonds. The molecule has 17 heavy (non-hydrogen) atoms. The van der Waals surface area contributed by atoms with Crippen LogP contribution in [0.3, 0.4) is 0 Å². The first-order valence-corrected chi connectivity index (χ1v) is 6.05. The van der Waals surface area contributed by atoms with Gasteiger partial charge in [0.05, 0.1) is 6.54 Å². The van der Waals surface area contributed by atoms with Crippen LogP contribution >= 0.6 is 0 Å². The van der Waals surface area contributed by atoms with E-state index in [4.69, 9.17) is 0 Å². The largest absolute Gasteiger partial charge is 0.401 e. The topological polar surface area (TPSA) is 18.5 Å². The Labute approximate surface area is 101 Å². The second-order valence-corrected chi connectivity index (χ2v) is 4.85. The first-order valence-electron chi connectivity index (χ1n) is 6.05. The summed E-state index contributed by atoms with van der Waals surface area (Å²) in [6.45, 7) is 2.16. The molecule has 0 aromatic rings. The Morgan fingerprint density at radius 3 is 2.65 bits per heavy atom. The fraction of sp³-hybridized carbons (Fsp3) is 1.00. The third-order valence-electron chi connectivity index (χ3n) is 3.14. The predicted molar refractivity (Wildman–Crippen MR) is 62.1 cm³/mol. The highest BCUT2D eigenvalue weighted by Crippen LogP contribution is 2.14. The molecule has 0 radical (unpaired) electrons. The lowest BCUT2D eigenvalue weighted by Crippen LogP contribution is -2.47. The first-order chi connectivity index (χ1) is 7.88. The average Bonchev–Trinajstić information content (AvgIpc) is 2.23. The molecule has 1 saturated heterocycles. The van der Waals surface area contributed by atoms with Crippen molar-refractivity contribution in [2.75, 3.05) is 46.8 Å². The molecule has 6 heteroatoms. The maximum atomic E-state index is 11.9. The number of piperidine rings is 1. The lowest BCUT2D eigenvalue weighted by molar-refractivity contribution is -0.124. The van der Waals surface area contributed by atoms with Gasteiger partial charge < -0.3 is 15.1 Å². The van der Waals surface area contributed by atoms with Crippen LogP contribution in [-0.4, -0.2) is 68.8 Å². The highest BCUT2D eigenvalue weighted by molar-refractivity contribution is 4.78. The van der Waals surface area contributed by atoms with Gasteiger partial charge in [0.2, 0.25) is 0 Å². The Bertz CT molecular complexity index is 218. The van der Waals surface area contributed by atoms with Gasteiger partial charge >= 0.3 is 6.18 Å². The number of nitrogens with zero attached hydrogens (tertiary/aromatic N) is 2. The number of likely N-dealkylation sites (N-methyl/N-ethyl adjacent to an activating group) is 1. The van der Waals surface area contributed by atoms with Crippen molar-refractivity contribution in [3.63, 3.8) is 0 Å². The van der Waals surface area contributed by atoms with Crippen LogP contribution in [0, 0.1) is 0 Å². The minimum absolute atomic E-state index is 0.402. The van der Waals surface area contributed by atoms with Crippen LogP contribution in [0.15, 0.2) is 0 Å². The molecule has 0 aromatic carbocycles. The van der Waals surface area contributed by atoms with Crippen molar-refractivity contribution in [2.24, 2.45) is 0 Å². The fourth-order valence-electron chi connectivity index (χ4n) is 2.12. The summed E-state index contributed by atoms with van der Waals surface area (Å²) >= 11 is 0. The molecule has 0 spiro atoms. The zero-order chi connectivity index (χ0) is 12.9. The van der Waals surface area contributed by atoms with E-state index in [0.717, 1.165) is 19.5 Å². The Morgan fingerprint density at radius 1 is 1.35 bits per heavy atom. The van der Waals surface area contributed by atoms with E-state index in [2.05, 4.69) is 29.2 Å². The van der Waals surface area contributed by atoms with E-state index < -0.39 is 12.7 Å². The van der Waals surface area contributed by atoms with Crippen molar-refractivity contribution in [3.8, 4) is 0 Å². The quantitative estimate of drug-likeness (QED) is 0.742. The summed E-state index contributed by atoms with van der Waals surface area (Å²) in [5.74, 6) is 0. The number of halogens is 3. The van der Waals surface area contributed by atoms with Crippen LogP contribution in [0.25, 0.3) is 0 Å². The summed E-state index contributed by atoms with van der Waals surface area (Å²) in [7, 11) is 4.10. The van der Waals surface area contributed by atoms with Crippen molar-refractivity contribution in [2.45, 2.75) is 25.1 Å². The van der Waals surface area contributed by atoms with Gasteiger partial charge in [-0.3, -0.25) is 0 Å². The predicted octanol–water partition coefficient (Wildman–Crippen LogP) is 1.16. The molecule has 0 aromatic heterocycles. The highest BCUT2D eigenvalue weighted by Gasteiger charge is 2.26. The summed E-state index contributed by atoms with van der Waals surface area (Å²) in [4.78, 5) is 4.42. The summed E-state index contributed by atoms with van der Waals surface area (Å²) in [6, 6.07) is 0.534. The van der Waals surface area contributed by atoms with Crippen molar-refractivity contribution >= 4 is 0 Å². The summed E-state index contributed by atoms with van der Waals surface area (Å²) in [6.07, 6.45) is -1.80. The second-order valence-electron chi connectivity index (χ2n) is 4.85. The average molecular weight is 253 g/mol. The Balaban J connectivity index is 2.15. The maximum Gasteiger partial charge on any atom is 0.401 e. The molecule has 1 N–H and O–H groups in total. The third-order valence-corrected chi connectivity index (χ3v) is 3.14. The highest BCUT2D eigenvalue weighted by atomic mass is 19.4. The zero-order valence-electron chi connectivity index (χ0n) is 10.6. The van der Waals surface area contributed by atoms with E-state index in [1.807, 2.05) is 0 Å².